The van der Waals surface area contributed by atoms with E-state index in [2.05, 4.69) is 15.4 Å². The maximum atomic E-state index is 12.1. The van der Waals surface area contributed by atoms with E-state index >= 15 is 0 Å². The number of rotatable bonds is 8. The molecule has 1 aliphatic rings. The zero-order chi connectivity index (χ0) is 23.1. The Morgan fingerprint density at radius 1 is 1.06 bits per heavy atom. The molecule has 0 heterocycles. The lowest BCUT2D eigenvalue weighted by Gasteiger charge is -2.08. The van der Waals surface area contributed by atoms with E-state index in [1.165, 1.54) is 24.3 Å². The highest BCUT2D eigenvalue weighted by Crippen LogP contribution is 2.23. The fourth-order valence-electron chi connectivity index (χ4n) is 2.56. The van der Waals surface area contributed by atoms with Gasteiger partial charge in [0.05, 0.1) is 0 Å². The normalized spacial score (nSPS) is 13.5. The SMILES string of the molecule is O=C(COC(=O)/C=C/c1ccc(OC(F)(F)F)cc1)Nc1cccc(C(=O)NC2CC2)c1. The second kappa shape index (κ2) is 9.99. The molecule has 0 aliphatic heterocycles. The largest absolute Gasteiger partial charge is 0.573 e. The predicted octanol–water partition coefficient (Wildman–Crippen LogP) is 3.67. The van der Waals surface area contributed by atoms with Crippen LogP contribution in [0.4, 0.5) is 18.9 Å². The van der Waals surface area contributed by atoms with Crippen LogP contribution in [-0.2, 0) is 14.3 Å². The van der Waals surface area contributed by atoms with Crippen LogP contribution in [-0.4, -0.2) is 36.8 Å². The Bertz CT molecular complexity index is 1010. The monoisotopic (exact) mass is 448 g/mol. The molecule has 3 rings (SSSR count). The average molecular weight is 448 g/mol. The molecule has 0 bridgehead atoms. The number of anilines is 1. The van der Waals surface area contributed by atoms with Crippen LogP contribution in [0, 0.1) is 0 Å². The van der Waals surface area contributed by atoms with Gasteiger partial charge in [-0.25, -0.2) is 4.79 Å². The summed E-state index contributed by atoms with van der Waals surface area (Å²) in [6.45, 7) is -0.556. The fourth-order valence-corrected chi connectivity index (χ4v) is 2.56. The highest BCUT2D eigenvalue weighted by molar-refractivity contribution is 5.98. The van der Waals surface area contributed by atoms with Gasteiger partial charge in [-0.3, -0.25) is 9.59 Å². The quantitative estimate of drug-likeness (QED) is 0.475. The molecule has 2 aromatic carbocycles. The van der Waals surface area contributed by atoms with Crippen molar-refractivity contribution in [1.29, 1.82) is 0 Å². The fraction of sp³-hybridized carbons (Fsp3) is 0.227. The zero-order valence-corrected chi connectivity index (χ0v) is 16.6. The Morgan fingerprint density at radius 3 is 2.44 bits per heavy atom. The van der Waals surface area contributed by atoms with Gasteiger partial charge >= 0.3 is 12.3 Å². The first kappa shape index (κ1) is 22.9. The van der Waals surface area contributed by atoms with Crippen LogP contribution in [0.1, 0.15) is 28.8 Å². The molecule has 7 nitrogen and oxygen atoms in total. The third-order valence-corrected chi connectivity index (χ3v) is 4.19. The number of ether oxygens (including phenoxy) is 2. The van der Waals surface area contributed by atoms with Crippen molar-refractivity contribution in [1.82, 2.24) is 5.32 Å². The zero-order valence-electron chi connectivity index (χ0n) is 16.6. The van der Waals surface area contributed by atoms with E-state index in [9.17, 15) is 27.6 Å². The highest BCUT2D eigenvalue weighted by Gasteiger charge is 2.30. The number of halogens is 3. The van der Waals surface area contributed by atoms with Crippen LogP contribution in [0.15, 0.2) is 54.6 Å². The lowest BCUT2D eigenvalue weighted by Crippen LogP contribution is -2.25. The van der Waals surface area contributed by atoms with Crippen molar-refractivity contribution >= 4 is 29.5 Å². The van der Waals surface area contributed by atoms with Crippen molar-refractivity contribution in [3.05, 3.63) is 65.7 Å². The molecule has 1 fully saturated rings. The van der Waals surface area contributed by atoms with E-state index in [1.54, 1.807) is 18.2 Å². The third kappa shape index (κ3) is 7.78. The third-order valence-electron chi connectivity index (χ3n) is 4.19. The second-order valence-corrected chi connectivity index (χ2v) is 6.93. The summed E-state index contributed by atoms with van der Waals surface area (Å²) in [5, 5.41) is 5.38. The Hall–Kier alpha value is -3.82. The molecule has 1 saturated carbocycles. The van der Waals surface area contributed by atoms with Crippen LogP contribution in [0.25, 0.3) is 6.08 Å². The number of alkyl halides is 3. The van der Waals surface area contributed by atoms with E-state index in [-0.39, 0.29) is 17.7 Å². The van der Waals surface area contributed by atoms with Crippen molar-refractivity contribution < 1.29 is 37.0 Å². The van der Waals surface area contributed by atoms with E-state index in [4.69, 9.17) is 4.74 Å². The van der Waals surface area contributed by atoms with Gasteiger partial charge in [0.2, 0.25) is 0 Å². The van der Waals surface area contributed by atoms with Crippen molar-refractivity contribution in [3.63, 3.8) is 0 Å². The van der Waals surface area contributed by atoms with Crippen LogP contribution >= 0.6 is 0 Å². The summed E-state index contributed by atoms with van der Waals surface area (Å²) >= 11 is 0. The molecule has 168 valence electrons. The molecule has 10 heteroatoms. The number of nitrogens with one attached hydrogen (secondary N) is 2. The number of carbonyl (C=O) groups is 3. The average Bonchev–Trinajstić information content (AvgIpc) is 3.55. The maximum Gasteiger partial charge on any atom is 0.573 e. The summed E-state index contributed by atoms with van der Waals surface area (Å²) in [6.07, 6.45) is -0.513. The number of esters is 1. The molecule has 1 aliphatic carbocycles. The summed E-state index contributed by atoms with van der Waals surface area (Å²) in [6, 6.07) is 11.4. The van der Waals surface area contributed by atoms with Gasteiger partial charge in [-0.15, -0.1) is 13.2 Å². The van der Waals surface area contributed by atoms with Gasteiger partial charge in [-0.2, -0.15) is 0 Å². The Balaban J connectivity index is 1.44. The Kier molecular flexibility index (Phi) is 7.14. The van der Waals surface area contributed by atoms with Gasteiger partial charge in [0.1, 0.15) is 5.75 Å². The first-order valence-electron chi connectivity index (χ1n) is 9.59. The van der Waals surface area contributed by atoms with Gasteiger partial charge in [0.25, 0.3) is 11.8 Å². The van der Waals surface area contributed by atoms with Crippen molar-refractivity contribution in [2.24, 2.45) is 0 Å². The number of amides is 2. The molecule has 32 heavy (non-hydrogen) atoms. The number of hydrogen-bond donors (Lipinski definition) is 2. The van der Waals surface area contributed by atoms with E-state index < -0.39 is 24.8 Å². The lowest BCUT2D eigenvalue weighted by molar-refractivity contribution is -0.274. The molecule has 2 amide bonds. The summed E-state index contributed by atoms with van der Waals surface area (Å²) < 4.78 is 45.0. The lowest BCUT2D eigenvalue weighted by atomic mass is 10.2. The van der Waals surface area contributed by atoms with E-state index in [0.717, 1.165) is 31.1 Å². The number of hydrogen-bond acceptors (Lipinski definition) is 5. The van der Waals surface area contributed by atoms with Gasteiger partial charge in [0, 0.05) is 23.4 Å². The molecule has 0 unspecified atom stereocenters. The van der Waals surface area contributed by atoms with Crippen molar-refractivity contribution in [3.8, 4) is 5.75 Å². The molecule has 0 saturated heterocycles. The molecule has 2 N–H and O–H groups in total. The van der Waals surface area contributed by atoms with E-state index in [0.29, 0.717) is 16.8 Å². The molecule has 0 spiro atoms. The molecular formula is C22H19F3N2O5. The maximum absolute atomic E-state index is 12.1. The van der Waals surface area contributed by atoms with Gasteiger partial charge in [-0.1, -0.05) is 18.2 Å². The number of carbonyl (C=O) groups excluding carboxylic acids is 3. The minimum absolute atomic E-state index is 0.208. The summed E-state index contributed by atoms with van der Waals surface area (Å²) in [5.41, 5.74) is 1.22. The molecule has 0 radical (unpaired) electrons. The predicted molar refractivity (Wildman–Crippen MR) is 109 cm³/mol. The highest BCUT2D eigenvalue weighted by atomic mass is 19.4. The minimum Gasteiger partial charge on any atom is -0.452 e. The first-order valence-corrected chi connectivity index (χ1v) is 9.59. The molecule has 2 aromatic rings. The summed E-state index contributed by atoms with van der Waals surface area (Å²) in [5.74, 6) is -2.02. The van der Waals surface area contributed by atoms with Crippen LogP contribution in [0.5, 0.6) is 5.75 Å². The summed E-state index contributed by atoms with van der Waals surface area (Å²) in [4.78, 5) is 35.8. The first-order chi connectivity index (χ1) is 15.2. The molecule has 0 atom stereocenters. The van der Waals surface area contributed by atoms with Crippen LogP contribution in [0.2, 0.25) is 0 Å². The summed E-state index contributed by atoms with van der Waals surface area (Å²) in [7, 11) is 0. The van der Waals surface area contributed by atoms with Gasteiger partial charge in [-0.05, 0) is 54.8 Å². The second-order valence-electron chi connectivity index (χ2n) is 6.93. The minimum atomic E-state index is -4.79. The van der Waals surface area contributed by atoms with Crippen LogP contribution < -0.4 is 15.4 Å². The molecular weight excluding hydrogens is 429 g/mol. The molecule has 0 aromatic heterocycles. The smallest absolute Gasteiger partial charge is 0.452 e. The van der Waals surface area contributed by atoms with Gasteiger partial charge in [0.15, 0.2) is 6.61 Å². The van der Waals surface area contributed by atoms with Gasteiger partial charge < -0.3 is 20.1 Å². The standard InChI is InChI=1S/C22H19F3N2O5/c23-22(24,25)32-18-9-4-14(5-10-18)6-11-20(29)31-13-19(28)26-17-3-1-2-15(12-17)21(30)27-16-7-8-16/h1-6,9-12,16H,7-8,13H2,(H,26,28)(H,27,30)/b11-6+. The van der Waals surface area contributed by atoms with Crippen molar-refractivity contribution in [2.75, 3.05) is 11.9 Å². The van der Waals surface area contributed by atoms with Crippen molar-refractivity contribution in [2.45, 2.75) is 25.2 Å². The number of benzene rings is 2. The van der Waals surface area contributed by atoms with E-state index in [1.807, 2.05) is 0 Å². The Morgan fingerprint density at radius 2 is 1.78 bits per heavy atom. The van der Waals surface area contributed by atoms with Crippen LogP contribution in [0.3, 0.4) is 0 Å². The topological polar surface area (TPSA) is 93.7 Å². The Labute approximate surface area is 181 Å².